The maximum Gasteiger partial charge on any atom is 0.122 e. The van der Waals surface area contributed by atoms with E-state index in [1.165, 1.54) is 0 Å². The highest BCUT2D eigenvalue weighted by molar-refractivity contribution is 5.29. The SMILES string of the molecule is C=C/C(=C\C(F)=C(CC)CC)C(C)C.CC. The Kier molecular flexibility index (Phi) is 11.7. The summed E-state index contributed by atoms with van der Waals surface area (Å²) >= 11 is 0. The molecular formula is C15H27F. The average molecular weight is 226 g/mol. The van der Waals surface area contributed by atoms with E-state index in [1.54, 1.807) is 12.2 Å². The summed E-state index contributed by atoms with van der Waals surface area (Å²) in [5, 5.41) is 0. The molecule has 0 bridgehead atoms. The molecule has 0 atom stereocenters. The first-order valence-corrected chi connectivity index (χ1v) is 6.28. The van der Waals surface area contributed by atoms with Crippen molar-refractivity contribution in [1.82, 2.24) is 0 Å². The van der Waals surface area contributed by atoms with E-state index in [0.29, 0.717) is 5.92 Å². The number of allylic oxidation sites excluding steroid dienone is 5. The summed E-state index contributed by atoms with van der Waals surface area (Å²) < 4.78 is 13.6. The highest BCUT2D eigenvalue weighted by Crippen LogP contribution is 2.20. The molecule has 0 saturated heterocycles. The zero-order chi connectivity index (χ0) is 13.1. The van der Waals surface area contributed by atoms with Crippen LogP contribution in [0, 0.1) is 5.92 Å². The number of halogens is 1. The fourth-order valence-corrected chi connectivity index (χ4v) is 1.30. The van der Waals surface area contributed by atoms with E-state index in [4.69, 9.17) is 0 Å². The van der Waals surface area contributed by atoms with Crippen LogP contribution in [0.1, 0.15) is 54.4 Å². The Morgan fingerprint density at radius 2 is 1.62 bits per heavy atom. The van der Waals surface area contributed by atoms with E-state index in [0.717, 1.165) is 24.0 Å². The van der Waals surface area contributed by atoms with Crippen molar-refractivity contribution in [2.75, 3.05) is 0 Å². The van der Waals surface area contributed by atoms with Gasteiger partial charge < -0.3 is 0 Å². The maximum atomic E-state index is 13.6. The van der Waals surface area contributed by atoms with Gasteiger partial charge in [0.1, 0.15) is 5.83 Å². The zero-order valence-corrected chi connectivity index (χ0v) is 11.7. The first-order chi connectivity index (χ1) is 7.56. The Labute approximate surface area is 101 Å². The van der Waals surface area contributed by atoms with Crippen molar-refractivity contribution in [2.24, 2.45) is 5.92 Å². The lowest BCUT2D eigenvalue weighted by molar-refractivity contribution is 0.634. The monoisotopic (exact) mass is 226 g/mol. The lowest BCUT2D eigenvalue weighted by Crippen LogP contribution is -1.91. The zero-order valence-electron chi connectivity index (χ0n) is 11.7. The summed E-state index contributed by atoms with van der Waals surface area (Å²) in [6.07, 6.45) is 4.90. The lowest BCUT2D eigenvalue weighted by atomic mass is 10.0. The van der Waals surface area contributed by atoms with Crippen molar-refractivity contribution in [1.29, 1.82) is 0 Å². The van der Waals surface area contributed by atoms with Crippen LogP contribution in [-0.2, 0) is 0 Å². The first kappa shape index (κ1) is 17.5. The molecule has 1 heteroatoms. The van der Waals surface area contributed by atoms with Crippen molar-refractivity contribution in [3.8, 4) is 0 Å². The smallest absolute Gasteiger partial charge is 0.122 e. The largest absolute Gasteiger partial charge is 0.207 e. The number of hydrogen-bond donors (Lipinski definition) is 0. The average Bonchev–Trinajstić information content (AvgIpc) is 2.29. The van der Waals surface area contributed by atoms with Gasteiger partial charge in [0.15, 0.2) is 0 Å². The molecule has 94 valence electrons. The second-order valence-electron chi connectivity index (χ2n) is 3.66. The molecule has 0 aliphatic rings. The quantitative estimate of drug-likeness (QED) is 0.518. The maximum absolute atomic E-state index is 13.6. The molecule has 0 nitrogen and oxygen atoms in total. The third-order valence-corrected chi connectivity index (χ3v) is 2.39. The van der Waals surface area contributed by atoms with Gasteiger partial charge in [-0.2, -0.15) is 0 Å². The Morgan fingerprint density at radius 3 is 1.88 bits per heavy atom. The van der Waals surface area contributed by atoms with Crippen LogP contribution in [0.3, 0.4) is 0 Å². The van der Waals surface area contributed by atoms with Crippen molar-refractivity contribution in [3.05, 3.63) is 35.7 Å². The minimum absolute atomic E-state index is 0.0846. The van der Waals surface area contributed by atoms with Gasteiger partial charge in [-0.1, -0.05) is 54.2 Å². The summed E-state index contributed by atoms with van der Waals surface area (Å²) in [4.78, 5) is 0. The van der Waals surface area contributed by atoms with Gasteiger partial charge in [-0.25, -0.2) is 4.39 Å². The summed E-state index contributed by atoms with van der Waals surface area (Å²) in [5.41, 5.74) is 1.84. The van der Waals surface area contributed by atoms with Gasteiger partial charge in [-0.05, 0) is 36.0 Å². The van der Waals surface area contributed by atoms with E-state index in [-0.39, 0.29) is 5.83 Å². The van der Waals surface area contributed by atoms with E-state index >= 15 is 0 Å². The molecule has 0 unspecified atom stereocenters. The van der Waals surface area contributed by atoms with E-state index < -0.39 is 0 Å². The van der Waals surface area contributed by atoms with Crippen LogP contribution in [0.25, 0.3) is 0 Å². The fraction of sp³-hybridized carbons (Fsp3) is 0.600. The molecule has 0 aromatic heterocycles. The summed E-state index contributed by atoms with van der Waals surface area (Å²) in [5.74, 6) is 0.242. The van der Waals surface area contributed by atoms with Gasteiger partial charge in [-0.15, -0.1) is 0 Å². The van der Waals surface area contributed by atoms with Gasteiger partial charge in [0, 0.05) is 0 Å². The minimum atomic E-state index is -0.0846. The molecule has 0 aromatic rings. The molecule has 0 N–H and O–H groups in total. The molecule has 0 heterocycles. The van der Waals surface area contributed by atoms with Crippen LogP contribution >= 0.6 is 0 Å². The molecule has 0 spiro atoms. The highest BCUT2D eigenvalue weighted by atomic mass is 19.1. The van der Waals surface area contributed by atoms with Crippen molar-refractivity contribution in [3.63, 3.8) is 0 Å². The molecule has 0 rings (SSSR count). The Morgan fingerprint density at radius 1 is 1.19 bits per heavy atom. The highest BCUT2D eigenvalue weighted by Gasteiger charge is 2.03. The van der Waals surface area contributed by atoms with Gasteiger partial charge in [0.2, 0.25) is 0 Å². The summed E-state index contributed by atoms with van der Waals surface area (Å²) in [6.45, 7) is 15.7. The molecule has 0 saturated carbocycles. The molecule has 0 fully saturated rings. The predicted molar refractivity (Wildman–Crippen MR) is 73.2 cm³/mol. The summed E-state index contributed by atoms with van der Waals surface area (Å²) in [6, 6.07) is 0. The van der Waals surface area contributed by atoms with Crippen LogP contribution in [0.4, 0.5) is 4.39 Å². The standard InChI is InChI=1S/C13H21F.C2H6/c1-6-11(7-2)13(14)9-12(8-3)10(4)5;1-2/h8-10H,3,6-7H2,1-2,4-5H3;1-2H3/b12-9+;. The second kappa shape index (κ2) is 10.7. The van der Waals surface area contributed by atoms with E-state index in [1.807, 2.05) is 41.5 Å². The Hall–Kier alpha value is -0.850. The second-order valence-corrected chi connectivity index (χ2v) is 3.66. The van der Waals surface area contributed by atoms with Gasteiger partial charge in [-0.3, -0.25) is 0 Å². The summed E-state index contributed by atoms with van der Waals surface area (Å²) in [7, 11) is 0. The van der Waals surface area contributed by atoms with Gasteiger partial charge in [0.05, 0.1) is 0 Å². The molecular weight excluding hydrogens is 199 g/mol. The van der Waals surface area contributed by atoms with Crippen molar-refractivity contribution in [2.45, 2.75) is 54.4 Å². The first-order valence-electron chi connectivity index (χ1n) is 6.28. The molecule has 0 amide bonds. The number of rotatable bonds is 5. The number of hydrogen-bond acceptors (Lipinski definition) is 0. The topological polar surface area (TPSA) is 0 Å². The van der Waals surface area contributed by atoms with E-state index in [2.05, 4.69) is 6.58 Å². The Bertz CT molecular complexity index is 238. The molecule has 16 heavy (non-hydrogen) atoms. The lowest BCUT2D eigenvalue weighted by Gasteiger charge is -2.07. The molecule has 0 aliphatic carbocycles. The Balaban J connectivity index is 0. The van der Waals surface area contributed by atoms with E-state index in [9.17, 15) is 4.39 Å². The van der Waals surface area contributed by atoms with Gasteiger partial charge in [0.25, 0.3) is 0 Å². The third kappa shape index (κ3) is 6.60. The normalized spacial score (nSPS) is 10.6. The molecule has 0 aliphatic heterocycles. The third-order valence-electron chi connectivity index (χ3n) is 2.39. The van der Waals surface area contributed by atoms with Crippen molar-refractivity contribution < 1.29 is 4.39 Å². The van der Waals surface area contributed by atoms with Crippen LogP contribution in [0.2, 0.25) is 0 Å². The van der Waals surface area contributed by atoms with Gasteiger partial charge >= 0.3 is 0 Å². The molecule has 0 aromatic carbocycles. The molecule has 0 radical (unpaired) electrons. The van der Waals surface area contributed by atoms with Crippen LogP contribution in [-0.4, -0.2) is 0 Å². The van der Waals surface area contributed by atoms with Crippen LogP contribution in [0.15, 0.2) is 35.7 Å². The fourth-order valence-electron chi connectivity index (χ4n) is 1.30. The predicted octanol–water partition coefficient (Wildman–Crippen LogP) is 5.82. The van der Waals surface area contributed by atoms with Crippen LogP contribution < -0.4 is 0 Å². The van der Waals surface area contributed by atoms with Crippen LogP contribution in [0.5, 0.6) is 0 Å². The van der Waals surface area contributed by atoms with Crippen molar-refractivity contribution >= 4 is 0 Å². The minimum Gasteiger partial charge on any atom is -0.207 e.